The van der Waals surface area contributed by atoms with Gasteiger partial charge in [0.1, 0.15) is 12.2 Å². The normalized spacial score (nSPS) is 12.2. The fourth-order valence-electron chi connectivity index (χ4n) is 1.54. The topological polar surface area (TPSA) is 46.4 Å². The third kappa shape index (κ3) is 3.51. The predicted octanol–water partition coefficient (Wildman–Crippen LogP) is 2.68. The average molecular weight is 304 g/mol. The summed E-state index contributed by atoms with van der Waals surface area (Å²) < 4.78 is 37.4. The van der Waals surface area contributed by atoms with Crippen LogP contribution in [0.3, 0.4) is 0 Å². The molecule has 20 heavy (non-hydrogen) atoms. The number of carbonyl (C=O) groups excluding carboxylic acids is 1. The molecular formula is C12H9ClF3N3O. The van der Waals surface area contributed by atoms with Gasteiger partial charge in [0, 0.05) is 12.3 Å². The molecule has 1 amide bonds. The van der Waals surface area contributed by atoms with E-state index in [0.717, 1.165) is 6.08 Å². The number of fused-ring (bicyclic) bond motifs is 1. The van der Waals surface area contributed by atoms with Crippen molar-refractivity contribution in [2.75, 3.05) is 6.54 Å². The lowest BCUT2D eigenvalue weighted by Gasteiger charge is -2.05. The molecule has 0 aliphatic heterocycles. The highest BCUT2D eigenvalue weighted by Crippen LogP contribution is 2.18. The molecule has 0 aliphatic carbocycles. The van der Waals surface area contributed by atoms with Gasteiger partial charge in [0.2, 0.25) is 5.91 Å². The van der Waals surface area contributed by atoms with Gasteiger partial charge in [0.15, 0.2) is 5.15 Å². The van der Waals surface area contributed by atoms with E-state index < -0.39 is 18.6 Å². The molecule has 0 saturated heterocycles. The maximum absolute atomic E-state index is 11.9. The fraction of sp³-hybridized carbons (Fsp3) is 0.167. The smallest absolute Gasteiger partial charge is 0.343 e. The van der Waals surface area contributed by atoms with Crippen molar-refractivity contribution in [3.05, 3.63) is 41.3 Å². The van der Waals surface area contributed by atoms with E-state index in [9.17, 15) is 18.0 Å². The lowest BCUT2D eigenvalue weighted by molar-refractivity contribution is -0.135. The summed E-state index contributed by atoms with van der Waals surface area (Å²) in [7, 11) is 0. The lowest BCUT2D eigenvalue weighted by Crippen LogP contribution is -2.32. The molecule has 1 N–H and O–H groups in total. The Labute approximate surface area is 116 Å². The molecule has 0 radical (unpaired) electrons. The van der Waals surface area contributed by atoms with Crippen molar-refractivity contribution in [2.24, 2.45) is 0 Å². The number of pyridine rings is 1. The van der Waals surface area contributed by atoms with Crippen LogP contribution in [0.25, 0.3) is 11.7 Å². The van der Waals surface area contributed by atoms with Crippen molar-refractivity contribution in [3.63, 3.8) is 0 Å². The Balaban J connectivity index is 2.14. The van der Waals surface area contributed by atoms with E-state index in [0.29, 0.717) is 11.3 Å². The van der Waals surface area contributed by atoms with E-state index >= 15 is 0 Å². The van der Waals surface area contributed by atoms with E-state index in [4.69, 9.17) is 11.6 Å². The number of hydrogen-bond donors (Lipinski definition) is 1. The molecule has 0 spiro atoms. The largest absolute Gasteiger partial charge is 0.405 e. The Morgan fingerprint density at radius 3 is 2.90 bits per heavy atom. The molecular weight excluding hydrogens is 295 g/mol. The standard InChI is InChI=1S/C12H9ClF3N3O/c13-11-8(19-6-2-1-3-9(19)18-11)4-5-10(20)17-7-12(14,15)16/h1-6H,7H2,(H,17,20)/b5-4+. The summed E-state index contributed by atoms with van der Waals surface area (Å²) in [4.78, 5) is 15.3. The highest BCUT2D eigenvalue weighted by molar-refractivity contribution is 6.31. The summed E-state index contributed by atoms with van der Waals surface area (Å²) >= 11 is 5.91. The Morgan fingerprint density at radius 1 is 1.45 bits per heavy atom. The van der Waals surface area contributed by atoms with E-state index in [1.165, 1.54) is 6.08 Å². The minimum absolute atomic E-state index is 0.163. The molecule has 8 heteroatoms. The third-order valence-corrected chi connectivity index (χ3v) is 2.66. The number of rotatable bonds is 3. The van der Waals surface area contributed by atoms with Gasteiger partial charge in [0.25, 0.3) is 0 Å². The van der Waals surface area contributed by atoms with Gasteiger partial charge in [-0.1, -0.05) is 17.7 Å². The Kier molecular flexibility index (Phi) is 3.99. The second kappa shape index (κ2) is 5.54. The molecule has 4 nitrogen and oxygen atoms in total. The molecule has 0 fully saturated rings. The van der Waals surface area contributed by atoms with Crippen molar-refractivity contribution in [2.45, 2.75) is 6.18 Å². The summed E-state index contributed by atoms with van der Waals surface area (Å²) in [6.07, 6.45) is -0.464. The van der Waals surface area contributed by atoms with Crippen LogP contribution in [0.1, 0.15) is 5.69 Å². The molecule has 2 aromatic rings. The lowest BCUT2D eigenvalue weighted by atomic mass is 10.3. The first kappa shape index (κ1) is 14.4. The van der Waals surface area contributed by atoms with Gasteiger partial charge < -0.3 is 5.32 Å². The summed E-state index contributed by atoms with van der Waals surface area (Å²) in [5.41, 5.74) is 0.997. The van der Waals surface area contributed by atoms with Gasteiger partial charge >= 0.3 is 6.18 Å². The highest BCUT2D eigenvalue weighted by atomic mass is 35.5. The fourth-order valence-corrected chi connectivity index (χ4v) is 1.78. The first-order valence-corrected chi connectivity index (χ1v) is 5.90. The second-order valence-electron chi connectivity index (χ2n) is 3.88. The number of amides is 1. The Bertz CT molecular complexity index is 664. The molecule has 2 aromatic heterocycles. The number of nitrogens with zero attached hydrogens (tertiary/aromatic N) is 2. The number of carbonyl (C=O) groups is 1. The predicted molar refractivity (Wildman–Crippen MR) is 68.3 cm³/mol. The monoisotopic (exact) mass is 303 g/mol. The van der Waals surface area contributed by atoms with Crippen LogP contribution in [0.5, 0.6) is 0 Å². The van der Waals surface area contributed by atoms with Crippen LogP contribution in [-0.4, -0.2) is 28.0 Å². The summed E-state index contributed by atoms with van der Waals surface area (Å²) in [5, 5.41) is 1.89. The van der Waals surface area contributed by atoms with Crippen molar-refractivity contribution < 1.29 is 18.0 Å². The maximum Gasteiger partial charge on any atom is 0.405 e. The Hall–Kier alpha value is -2.02. The number of halogens is 4. The van der Waals surface area contributed by atoms with Crippen LogP contribution in [0.15, 0.2) is 30.5 Å². The molecule has 106 valence electrons. The number of nitrogens with one attached hydrogen (secondary N) is 1. The number of aromatic nitrogens is 2. The molecule has 0 bridgehead atoms. The molecule has 0 aromatic carbocycles. The highest BCUT2D eigenvalue weighted by Gasteiger charge is 2.27. The number of hydrogen-bond acceptors (Lipinski definition) is 2. The van der Waals surface area contributed by atoms with E-state index in [2.05, 4.69) is 4.98 Å². The quantitative estimate of drug-likeness (QED) is 0.886. The van der Waals surface area contributed by atoms with Crippen LogP contribution in [0.4, 0.5) is 13.2 Å². The van der Waals surface area contributed by atoms with Crippen LogP contribution < -0.4 is 5.32 Å². The molecule has 2 rings (SSSR count). The zero-order valence-electron chi connectivity index (χ0n) is 9.99. The van der Waals surface area contributed by atoms with Gasteiger partial charge in [-0.3, -0.25) is 9.20 Å². The first-order chi connectivity index (χ1) is 9.37. The zero-order chi connectivity index (χ0) is 14.8. The first-order valence-electron chi connectivity index (χ1n) is 5.52. The van der Waals surface area contributed by atoms with Crippen molar-refractivity contribution >= 4 is 29.2 Å². The third-order valence-electron chi connectivity index (χ3n) is 2.38. The molecule has 0 atom stereocenters. The Morgan fingerprint density at radius 2 is 2.20 bits per heavy atom. The zero-order valence-corrected chi connectivity index (χ0v) is 10.7. The van der Waals surface area contributed by atoms with Gasteiger partial charge in [-0.2, -0.15) is 13.2 Å². The maximum atomic E-state index is 11.9. The van der Waals surface area contributed by atoms with E-state index in [1.807, 2.05) is 0 Å². The van der Waals surface area contributed by atoms with Crippen LogP contribution in [0.2, 0.25) is 5.15 Å². The van der Waals surface area contributed by atoms with E-state index in [-0.39, 0.29) is 5.15 Å². The summed E-state index contributed by atoms with van der Waals surface area (Å²) in [5.74, 6) is -0.857. The molecule has 0 aliphatic rings. The van der Waals surface area contributed by atoms with Crippen LogP contribution >= 0.6 is 11.6 Å². The van der Waals surface area contributed by atoms with Crippen molar-refractivity contribution in [1.82, 2.24) is 14.7 Å². The molecule has 0 saturated carbocycles. The summed E-state index contributed by atoms with van der Waals surface area (Å²) in [6.45, 7) is -1.38. The van der Waals surface area contributed by atoms with Gasteiger partial charge in [-0.05, 0) is 18.2 Å². The van der Waals surface area contributed by atoms with Gasteiger partial charge in [0.05, 0.1) is 5.69 Å². The van der Waals surface area contributed by atoms with Gasteiger partial charge in [-0.25, -0.2) is 4.98 Å². The average Bonchev–Trinajstić information content (AvgIpc) is 2.69. The molecule has 0 unspecified atom stereocenters. The van der Waals surface area contributed by atoms with Crippen molar-refractivity contribution in [3.8, 4) is 0 Å². The van der Waals surface area contributed by atoms with Crippen molar-refractivity contribution in [1.29, 1.82) is 0 Å². The van der Waals surface area contributed by atoms with E-state index in [1.54, 1.807) is 34.1 Å². The second-order valence-corrected chi connectivity index (χ2v) is 4.24. The minimum Gasteiger partial charge on any atom is -0.343 e. The minimum atomic E-state index is -4.44. The van der Waals surface area contributed by atoms with Gasteiger partial charge in [-0.15, -0.1) is 0 Å². The van der Waals surface area contributed by atoms with Crippen LogP contribution in [0, 0.1) is 0 Å². The SMILES string of the molecule is O=C(/C=C/c1c(Cl)nc2ccccn12)NCC(F)(F)F. The number of imidazole rings is 1. The number of alkyl halides is 3. The summed E-state index contributed by atoms with van der Waals surface area (Å²) in [6, 6.07) is 5.22. The van der Waals surface area contributed by atoms with Crippen LogP contribution in [-0.2, 0) is 4.79 Å². The molecule has 2 heterocycles.